The van der Waals surface area contributed by atoms with Crippen molar-refractivity contribution in [2.24, 2.45) is 0 Å². The van der Waals surface area contributed by atoms with Gasteiger partial charge in [-0.15, -0.1) is 0 Å². The molecule has 3 nitrogen and oxygen atoms in total. The molecule has 0 bridgehead atoms. The molecule has 1 aliphatic carbocycles. The first-order valence-corrected chi connectivity index (χ1v) is 7.49. The van der Waals surface area contributed by atoms with E-state index in [4.69, 9.17) is 4.98 Å². The Morgan fingerprint density at radius 1 is 1.25 bits per heavy atom. The highest BCUT2D eigenvalue weighted by Crippen LogP contribution is 2.47. The molecule has 0 saturated heterocycles. The van der Waals surface area contributed by atoms with Gasteiger partial charge in [0.1, 0.15) is 5.82 Å². The molecule has 0 spiro atoms. The topological polar surface area (TPSA) is 40.7 Å². The van der Waals surface area contributed by atoms with Gasteiger partial charge < -0.3 is 10.3 Å². The minimum atomic E-state index is 0.251. The van der Waals surface area contributed by atoms with Gasteiger partial charge in [0.15, 0.2) is 0 Å². The molecule has 0 radical (unpaired) electrons. The molecule has 2 N–H and O–H groups in total. The van der Waals surface area contributed by atoms with Crippen LogP contribution in [-0.2, 0) is 11.8 Å². The normalized spacial score (nSPS) is 16.4. The monoisotopic (exact) mass is 269 g/mol. The van der Waals surface area contributed by atoms with Crippen molar-refractivity contribution in [1.29, 1.82) is 0 Å². The van der Waals surface area contributed by atoms with Crippen molar-refractivity contribution >= 4 is 0 Å². The molecule has 1 aromatic heterocycles. The van der Waals surface area contributed by atoms with Crippen LogP contribution in [0, 0.1) is 6.92 Å². The lowest BCUT2D eigenvalue weighted by atomic mass is 10.1. The maximum Gasteiger partial charge on any atom is 0.114 e. The highest BCUT2D eigenvalue weighted by molar-refractivity contribution is 5.62. The largest absolute Gasteiger partial charge is 0.345 e. The van der Waals surface area contributed by atoms with Gasteiger partial charge in [-0.3, -0.25) is 0 Å². The van der Waals surface area contributed by atoms with Crippen molar-refractivity contribution in [2.45, 2.75) is 38.5 Å². The first-order valence-electron chi connectivity index (χ1n) is 7.49. The van der Waals surface area contributed by atoms with Crippen LogP contribution in [0.5, 0.6) is 0 Å². The highest BCUT2D eigenvalue weighted by atomic mass is 15.0. The summed E-state index contributed by atoms with van der Waals surface area (Å²) in [5, 5.41) is 3.29. The lowest BCUT2D eigenvalue weighted by Crippen LogP contribution is -2.24. The van der Waals surface area contributed by atoms with Crippen LogP contribution in [0.15, 0.2) is 24.3 Å². The molecule has 0 unspecified atom stereocenters. The van der Waals surface area contributed by atoms with Crippen LogP contribution in [0.2, 0.25) is 0 Å². The molecule has 0 atom stereocenters. The Kier molecular flexibility index (Phi) is 3.38. The van der Waals surface area contributed by atoms with E-state index in [1.807, 2.05) is 7.05 Å². The van der Waals surface area contributed by atoms with Gasteiger partial charge in [-0.1, -0.05) is 31.2 Å². The summed E-state index contributed by atoms with van der Waals surface area (Å²) in [6, 6.07) is 8.76. The van der Waals surface area contributed by atoms with Crippen molar-refractivity contribution in [3.8, 4) is 11.3 Å². The summed E-state index contributed by atoms with van der Waals surface area (Å²) in [7, 11) is 2.01. The number of aromatic nitrogens is 2. The van der Waals surface area contributed by atoms with Gasteiger partial charge >= 0.3 is 0 Å². The van der Waals surface area contributed by atoms with E-state index in [1.54, 1.807) is 0 Å². The fourth-order valence-corrected chi connectivity index (χ4v) is 2.88. The van der Waals surface area contributed by atoms with Crippen LogP contribution in [0.3, 0.4) is 0 Å². The number of nitrogens with zero attached hydrogens (tertiary/aromatic N) is 1. The van der Waals surface area contributed by atoms with Crippen molar-refractivity contribution in [2.75, 3.05) is 13.6 Å². The number of nitrogens with one attached hydrogen (secondary N) is 2. The minimum Gasteiger partial charge on any atom is -0.345 e. The van der Waals surface area contributed by atoms with E-state index in [1.165, 1.54) is 29.7 Å². The fourth-order valence-electron chi connectivity index (χ4n) is 2.88. The number of likely N-dealkylation sites (N-methyl/N-ethyl adjacent to an activating group) is 1. The molecule has 3 rings (SSSR count). The predicted octanol–water partition coefficient (Wildman–Crippen LogP) is 3.20. The summed E-state index contributed by atoms with van der Waals surface area (Å²) in [4.78, 5) is 8.40. The van der Waals surface area contributed by atoms with E-state index in [9.17, 15) is 0 Å². The zero-order valence-corrected chi connectivity index (χ0v) is 12.6. The summed E-state index contributed by atoms with van der Waals surface area (Å²) in [6.07, 6.45) is 3.54. The van der Waals surface area contributed by atoms with E-state index in [2.05, 4.69) is 48.4 Å². The van der Waals surface area contributed by atoms with Crippen LogP contribution >= 0.6 is 0 Å². The Hall–Kier alpha value is -1.61. The first-order chi connectivity index (χ1) is 9.68. The van der Waals surface area contributed by atoms with Crippen LogP contribution in [0.4, 0.5) is 0 Å². The van der Waals surface area contributed by atoms with E-state index < -0.39 is 0 Å². The fraction of sp³-hybridized carbons (Fsp3) is 0.471. The third-order valence-electron chi connectivity index (χ3n) is 4.39. The summed E-state index contributed by atoms with van der Waals surface area (Å²) in [5.41, 5.74) is 5.11. The third-order valence-corrected chi connectivity index (χ3v) is 4.39. The van der Waals surface area contributed by atoms with Crippen LogP contribution in [-0.4, -0.2) is 23.6 Å². The number of benzene rings is 1. The summed E-state index contributed by atoms with van der Waals surface area (Å²) >= 11 is 0. The molecule has 106 valence electrons. The number of H-pyrrole nitrogens is 1. The third kappa shape index (κ3) is 2.27. The Balaban J connectivity index is 1.92. The molecule has 1 heterocycles. The van der Waals surface area contributed by atoms with Gasteiger partial charge in [-0.05, 0) is 38.8 Å². The molecular formula is C17H23N3. The number of hydrogen-bond acceptors (Lipinski definition) is 2. The summed E-state index contributed by atoms with van der Waals surface area (Å²) in [6.45, 7) is 5.31. The molecule has 1 saturated carbocycles. The SMILES string of the molecule is CCc1ccc(-c2nc(C3(CNC)CC3)[nH]c2C)cc1. The zero-order valence-electron chi connectivity index (χ0n) is 12.6. The van der Waals surface area contributed by atoms with Gasteiger partial charge in [-0.25, -0.2) is 4.98 Å². The average Bonchev–Trinajstić information content (AvgIpc) is 3.14. The average molecular weight is 269 g/mol. The lowest BCUT2D eigenvalue weighted by Gasteiger charge is -2.10. The zero-order chi connectivity index (χ0) is 14.2. The van der Waals surface area contributed by atoms with Gasteiger partial charge in [0.25, 0.3) is 0 Å². The van der Waals surface area contributed by atoms with Crippen LogP contribution in [0.1, 0.15) is 36.8 Å². The smallest absolute Gasteiger partial charge is 0.114 e. The van der Waals surface area contributed by atoms with E-state index >= 15 is 0 Å². The van der Waals surface area contributed by atoms with E-state index in [0.717, 1.165) is 24.5 Å². The lowest BCUT2D eigenvalue weighted by molar-refractivity contribution is 0.593. The van der Waals surface area contributed by atoms with E-state index in [0.29, 0.717) is 0 Å². The van der Waals surface area contributed by atoms with Crippen LogP contribution < -0.4 is 5.32 Å². The van der Waals surface area contributed by atoms with Gasteiger partial charge in [-0.2, -0.15) is 0 Å². The molecule has 1 aliphatic rings. The van der Waals surface area contributed by atoms with Gasteiger partial charge in [0.2, 0.25) is 0 Å². The quantitative estimate of drug-likeness (QED) is 0.875. The Morgan fingerprint density at radius 3 is 2.50 bits per heavy atom. The molecule has 0 aliphatic heterocycles. The second-order valence-electron chi connectivity index (χ2n) is 5.92. The molecule has 0 amide bonds. The molecule has 1 fully saturated rings. The number of imidazole rings is 1. The van der Waals surface area contributed by atoms with Crippen molar-refractivity contribution in [1.82, 2.24) is 15.3 Å². The molecule has 20 heavy (non-hydrogen) atoms. The Morgan fingerprint density at radius 2 is 1.95 bits per heavy atom. The predicted molar refractivity (Wildman–Crippen MR) is 83.0 cm³/mol. The molecule has 3 heteroatoms. The van der Waals surface area contributed by atoms with Crippen molar-refractivity contribution in [3.63, 3.8) is 0 Å². The summed E-state index contributed by atoms with van der Waals surface area (Å²) < 4.78 is 0. The van der Waals surface area contributed by atoms with E-state index in [-0.39, 0.29) is 5.41 Å². The van der Waals surface area contributed by atoms with Gasteiger partial charge in [0.05, 0.1) is 5.69 Å². The molecule has 1 aromatic carbocycles. The van der Waals surface area contributed by atoms with Crippen molar-refractivity contribution in [3.05, 3.63) is 41.3 Å². The molecular weight excluding hydrogens is 246 g/mol. The second-order valence-corrected chi connectivity index (χ2v) is 5.92. The number of rotatable bonds is 5. The first kappa shape index (κ1) is 13.4. The Labute approximate surface area is 120 Å². The standard InChI is InChI=1S/C17H23N3/c1-4-13-5-7-14(8-6-13)15-12(2)19-16(20-15)17(9-10-17)11-18-3/h5-8,18H,4,9-11H2,1-3H3,(H,19,20). The van der Waals surface area contributed by atoms with Crippen molar-refractivity contribution < 1.29 is 0 Å². The number of aryl methyl sites for hydroxylation is 2. The number of hydrogen-bond donors (Lipinski definition) is 2. The van der Waals surface area contributed by atoms with Crippen LogP contribution in [0.25, 0.3) is 11.3 Å². The maximum atomic E-state index is 4.89. The minimum absolute atomic E-state index is 0.251. The highest BCUT2D eigenvalue weighted by Gasteiger charge is 2.46. The molecule has 2 aromatic rings. The second kappa shape index (κ2) is 5.06. The number of aromatic amines is 1. The maximum absolute atomic E-state index is 4.89. The van der Waals surface area contributed by atoms with Gasteiger partial charge in [0, 0.05) is 23.2 Å². The summed E-state index contributed by atoms with van der Waals surface area (Å²) in [5.74, 6) is 1.15. The Bertz CT molecular complexity index is 591.